The van der Waals surface area contributed by atoms with Gasteiger partial charge < -0.3 is 9.84 Å². The van der Waals surface area contributed by atoms with Crippen molar-refractivity contribution < 1.29 is 19.4 Å². The highest BCUT2D eigenvalue weighted by Crippen LogP contribution is 2.25. The van der Waals surface area contributed by atoms with Crippen molar-refractivity contribution in [1.82, 2.24) is 4.90 Å². The van der Waals surface area contributed by atoms with Crippen LogP contribution in [-0.4, -0.2) is 33.3 Å². The molecule has 0 spiro atoms. The van der Waals surface area contributed by atoms with E-state index in [9.17, 15) is 9.59 Å². The number of amides is 1. The lowest BCUT2D eigenvalue weighted by atomic mass is 9.97. The van der Waals surface area contributed by atoms with Crippen LogP contribution in [0.25, 0.3) is 0 Å². The van der Waals surface area contributed by atoms with Crippen molar-refractivity contribution in [1.29, 1.82) is 0 Å². The zero-order valence-electron chi connectivity index (χ0n) is 10.1. The minimum atomic E-state index is -1.58. The fraction of sp³-hybridized carbons (Fsp3) is 0.800. The Hall–Kier alpha value is -1.26. The average Bonchev–Trinajstić information content (AvgIpc) is 1.74. The van der Waals surface area contributed by atoms with Crippen molar-refractivity contribution in [3.8, 4) is 0 Å². The molecule has 0 saturated heterocycles. The Morgan fingerprint density at radius 1 is 1.00 bits per heavy atom. The minimum Gasteiger partial charge on any atom is -0.449 e. The fourth-order valence-corrected chi connectivity index (χ4v) is 1.67. The summed E-state index contributed by atoms with van der Waals surface area (Å²) in [6.07, 6.45) is -2.43. The van der Waals surface area contributed by atoms with E-state index in [-0.39, 0.29) is 0 Å². The molecular formula is C10H19NO4. The van der Waals surface area contributed by atoms with Gasteiger partial charge in [-0.2, -0.15) is 0 Å². The van der Waals surface area contributed by atoms with Crippen LogP contribution < -0.4 is 0 Å². The van der Waals surface area contributed by atoms with E-state index in [4.69, 9.17) is 5.11 Å². The van der Waals surface area contributed by atoms with Crippen LogP contribution in [0.4, 0.5) is 9.59 Å². The molecule has 0 bridgehead atoms. The summed E-state index contributed by atoms with van der Waals surface area (Å²) in [5, 5.41) is 8.39. The van der Waals surface area contributed by atoms with Crippen molar-refractivity contribution in [3.63, 3.8) is 0 Å². The highest BCUT2D eigenvalue weighted by molar-refractivity contribution is 5.80. The molecule has 0 aromatic rings. The quantitative estimate of drug-likeness (QED) is 0.500. The number of carboxylic acid groups (broad SMARTS) is 1. The van der Waals surface area contributed by atoms with Gasteiger partial charge >= 0.3 is 12.2 Å². The maximum absolute atomic E-state index is 11.6. The molecule has 0 aromatic carbocycles. The van der Waals surface area contributed by atoms with Gasteiger partial charge in [0.05, 0.1) is 0 Å². The monoisotopic (exact) mass is 217 g/mol. The molecule has 0 aromatic heterocycles. The third-order valence-electron chi connectivity index (χ3n) is 1.70. The van der Waals surface area contributed by atoms with Gasteiger partial charge in [0.25, 0.3) is 0 Å². The molecule has 88 valence electrons. The highest BCUT2D eigenvalue weighted by atomic mass is 16.7. The number of carbonyl (C=O) groups excluding carboxylic acids is 1. The summed E-state index contributed by atoms with van der Waals surface area (Å²) >= 11 is 0. The molecule has 0 aliphatic rings. The first-order valence-corrected chi connectivity index (χ1v) is 4.71. The summed E-state index contributed by atoms with van der Waals surface area (Å²) in [6.45, 7) is 10.9. The van der Waals surface area contributed by atoms with E-state index in [2.05, 4.69) is 4.74 Å². The molecule has 0 aliphatic carbocycles. The first-order valence-electron chi connectivity index (χ1n) is 4.71. The summed E-state index contributed by atoms with van der Waals surface area (Å²) in [7, 11) is 0. The number of nitrogens with zero attached hydrogens (tertiary/aromatic N) is 1. The van der Waals surface area contributed by atoms with Gasteiger partial charge in [0.1, 0.15) is 0 Å². The molecule has 0 rings (SSSR count). The van der Waals surface area contributed by atoms with E-state index in [0.717, 1.165) is 0 Å². The third kappa shape index (κ3) is 4.18. The van der Waals surface area contributed by atoms with Crippen LogP contribution in [0, 0.1) is 0 Å². The number of rotatable bonds is 0. The zero-order valence-corrected chi connectivity index (χ0v) is 10.1. The summed E-state index contributed by atoms with van der Waals surface area (Å²) in [5.74, 6) is 0. The van der Waals surface area contributed by atoms with E-state index in [1.807, 2.05) is 41.5 Å². The van der Waals surface area contributed by atoms with E-state index < -0.39 is 23.3 Å². The molecule has 0 heterocycles. The van der Waals surface area contributed by atoms with Crippen LogP contribution in [0.5, 0.6) is 0 Å². The van der Waals surface area contributed by atoms with Crippen LogP contribution in [-0.2, 0) is 4.74 Å². The molecule has 0 radical (unpaired) electrons. The molecule has 0 atom stereocenters. The van der Waals surface area contributed by atoms with Crippen LogP contribution in [0.15, 0.2) is 0 Å². The SMILES string of the molecule is CC(C)(C)N(C(=O)OC(=O)O)C(C)(C)C. The van der Waals surface area contributed by atoms with Gasteiger partial charge in [-0.1, -0.05) is 0 Å². The van der Waals surface area contributed by atoms with Gasteiger partial charge in [0.2, 0.25) is 0 Å². The molecular weight excluding hydrogens is 198 g/mol. The second kappa shape index (κ2) is 4.08. The first kappa shape index (κ1) is 13.7. The maximum Gasteiger partial charge on any atom is 0.514 e. The predicted octanol–water partition coefficient (Wildman–Crippen LogP) is 2.70. The van der Waals surface area contributed by atoms with Gasteiger partial charge in [-0.25, -0.2) is 9.59 Å². The zero-order chi connectivity index (χ0) is 12.4. The highest BCUT2D eigenvalue weighted by Gasteiger charge is 2.37. The van der Waals surface area contributed by atoms with E-state index in [1.165, 1.54) is 4.90 Å². The van der Waals surface area contributed by atoms with Gasteiger partial charge in [0.15, 0.2) is 0 Å². The Bertz CT molecular complexity index is 246. The molecule has 15 heavy (non-hydrogen) atoms. The number of carbonyl (C=O) groups is 2. The van der Waals surface area contributed by atoms with Crippen molar-refractivity contribution in [2.24, 2.45) is 0 Å². The summed E-state index contributed by atoms with van der Waals surface area (Å²) < 4.78 is 4.17. The molecule has 5 nitrogen and oxygen atoms in total. The van der Waals surface area contributed by atoms with E-state index >= 15 is 0 Å². The Balaban J connectivity index is 4.98. The molecule has 0 saturated carbocycles. The van der Waals surface area contributed by atoms with Crippen LogP contribution in [0.3, 0.4) is 0 Å². The number of ether oxygens (including phenoxy) is 1. The van der Waals surface area contributed by atoms with Gasteiger partial charge in [0, 0.05) is 11.1 Å². The van der Waals surface area contributed by atoms with E-state index in [0.29, 0.717) is 0 Å². The molecule has 0 unspecified atom stereocenters. The average molecular weight is 217 g/mol. The molecule has 0 fully saturated rings. The van der Waals surface area contributed by atoms with Crippen LogP contribution in [0.1, 0.15) is 41.5 Å². The second-order valence-electron chi connectivity index (χ2n) is 5.31. The van der Waals surface area contributed by atoms with Crippen molar-refractivity contribution in [3.05, 3.63) is 0 Å². The standard InChI is InChI=1S/C10H19NO4/c1-9(2,3)11(10(4,5)6)7(12)15-8(13)14/h1-6H3,(H,13,14). The largest absolute Gasteiger partial charge is 0.514 e. The lowest BCUT2D eigenvalue weighted by molar-refractivity contribution is 0.0248. The van der Waals surface area contributed by atoms with Crippen molar-refractivity contribution in [2.75, 3.05) is 0 Å². The molecule has 1 amide bonds. The Morgan fingerprint density at radius 2 is 1.33 bits per heavy atom. The summed E-state index contributed by atoms with van der Waals surface area (Å²) in [4.78, 5) is 23.3. The molecule has 5 heteroatoms. The van der Waals surface area contributed by atoms with E-state index in [1.54, 1.807) is 0 Å². The van der Waals surface area contributed by atoms with Crippen molar-refractivity contribution in [2.45, 2.75) is 52.6 Å². The minimum absolute atomic E-state index is 0.495. The lowest BCUT2D eigenvalue weighted by Crippen LogP contribution is -2.56. The van der Waals surface area contributed by atoms with Gasteiger partial charge in [-0.05, 0) is 41.5 Å². The smallest absolute Gasteiger partial charge is 0.449 e. The first-order chi connectivity index (χ1) is 6.46. The molecule has 0 aliphatic heterocycles. The van der Waals surface area contributed by atoms with Gasteiger partial charge in [-0.15, -0.1) is 0 Å². The Kier molecular flexibility index (Phi) is 3.74. The Morgan fingerprint density at radius 3 is 1.53 bits per heavy atom. The topological polar surface area (TPSA) is 66.8 Å². The maximum atomic E-state index is 11.6. The van der Waals surface area contributed by atoms with Gasteiger partial charge in [-0.3, -0.25) is 4.90 Å². The fourth-order valence-electron chi connectivity index (χ4n) is 1.67. The second-order valence-corrected chi connectivity index (χ2v) is 5.31. The summed E-state index contributed by atoms with van der Waals surface area (Å²) in [6, 6.07) is 0. The lowest BCUT2D eigenvalue weighted by Gasteiger charge is -2.43. The van der Waals surface area contributed by atoms with Crippen LogP contribution in [0.2, 0.25) is 0 Å². The Labute approximate surface area is 90.0 Å². The third-order valence-corrected chi connectivity index (χ3v) is 1.70. The van der Waals surface area contributed by atoms with Crippen molar-refractivity contribution >= 4 is 12.2 Å². The number of hydrogen-bond donors (Lipinski definition) is 1. The number of hydrogen-bond acceptors (Lipinski definition) is 3. The molecule has 1 N–H and O–H groups in total. The predicted molar refractivity (Wildman–Crippen MR) is 55.9 cm³/mol. The summed E-state index contributed by atoms with van der Waals surface area (Å²) in [5.41, 5.74) is -0.991. The van der Waals surface area contributed by atoms with Crippen LogP contribution >= 0.6 is 0 Å². The normalized spacial score (nSPS) is 12.1.